The third kappa shape index (κ3) is 4.43. The molecule has 3 rings (SSSR count). The van der Waals surface area contributed by atoms with Crippen molar-refractivity contribution in [1.29, 1.82) is 0 Å². The van der Waals surface area contributed by atoms with Crippen LogP contribution in [0.2, 0.25) is 0 Å². The zero-order valence-corrected chi connectivity index (χ0v) is 16.2. The van der Waals surface area contributed by atoms with Gasteiger partial charge in [0.2, 0.25) is 5.75 Å². The van der Waals surface area contributed by atoms with Gasteiger partial charge in [-0.2, -0.15) is 5.10 Å². The minimum atomic E-state index is -0.296. The van der Waals surface area contributed by atoms with Gasteiger partial charge in [-0.1, -0.05) is 12.2 Å². The molecule has 0 unspecified atom stereocenters. The monoisotopic (exact) mass is 372 g/mol. The molecule has 0 saturated heterocycles. The number of rotatable bonds is 9. The molecule has 6 nitrogen and oxygen atoms in total. The minimum absolute atomic E-state index is 0.296. The quantitative estimate of drug-likeness (QED) is 0.407. The number of allylic oxidation sites excluding steroid dienone is 2. The van der Waals surface area contributed by atoms with Crippen molar-refractivity contribution < 1.29 is 19.0 Å². The molecule has 0 aliphatic heterocycles. The summed E-state index contributed by atoms with van der Waals surface area (Å²) in [5.41, 5.74) is 3.06. The topological polar surface area (TPSA) is 69.2 Å². The van der Waals surface area contributed by atoms with Gasteiger partial charge in [0.05, 0.1) is 19.8 Å². The van der Waals surface area contributed by atoms with Crippen LogP contribution in [0.1, 0.15) is 44.0 Å². The largest absolute Gasteiger partial charge is 0.490 e. The molecule has 2 bridgehead atoms. The average molecular weight is 372 g/mol. The second-order valence-corrected chi connectivity index (χ2v) is 6.76. The minimum Gasteiger partial charge on any atom is -0.490 e. The highest BCUT2D eigenvalue weighted by Gasteiger charge is 2.34. The highest BCUT2D eigenvalue weighted by molar-refractivity contribution is 5.95. The van der Waals surface area contributed by atoms with E-state index < -0.39 is 0 Å². The van der Waals surface area contributed by atoms with E-state index in [-0.39, 0.29) is 5.91 Å². The molecule has 1 aromatic carbocycles. The summed E-state index contributed by atoms with van der Waals surface area (Å²) in [5, 5.41) is 4.19. The van der Waals surface area contributed by atoms with E-state index in [1.54, 1.807) is 12.1 Å². The normalized spacial score (nSPS) is 23.0. The van der Waals surface area contributed by atoms with Crippen molar-refractivity contribution >= 4 is 12.1 Å². The van der Waals surface area contributed by atoms with E-state index in [0.717, 1.165) is 6.42 Å². The lowest BCUT2D eigenvalue weighted by Crippen LogP contribution is -2.20. The molecule has 1 N–H and O–H groups in total. The number of benzene rings is 1. The van der Waals surface area contributed by atoms with Gasteiger partial charge < -0.3 is 14.2 Å². The van der Waals surface area contributed by atoms with Crippen LogP contribution in [0, 0.1) is 17.8 Å². The summed E-state index contributed by atoms with van der Waals surface area (Å²) in [5.74, 6) is 2.88. The molecule has 146 valence electrons. The first-order valence-electron chi connectivity index (χ1n) is 9.74. The Morgan fingerprint density at radius 1 is 1.07 bits per heavy atom. The third-order valence-electron chi connectivity index (χ3n) is 4.93. The van der Waals surface area contributed by atoms with Gasteiger partial charge in [0, 0.05) is 17.7 Å². The van der Waals surface area contributed by atoms with Crippen molar-refractivity contribution in [3.8, 4) is 17.2 Å². The molecule has 1 saturated carbocycles. The maximum Gasteiger partial charge on any atom is 0.271 e. The Morgan fingerprint density at radius 3 is 2.26 bits per heavy atom. The zero-order chi connectivity index (χ0) is 19.2. The molecular weight excluding hydrogens is 344 g/mol. The highest BCUT2D eigenvalue weighted by Crippen LogP contribution is 2.42. The van der Waals surface area contributed by atoms with Crippen molar-refractivity contribution in [2.45, 2.75) is 33.6 Å². The number of ether oxygens (including phenoxy) is 3. The number of nitrogens with one attached hydrogen (secondary N) is 1. The van der Waals surface area contributed by atoms with E-state index >= 15 is 0 Å². The van der Waals surface area contributed by atoms with Crippen LogP contribution < -0.4 is 19.6 Å². The Bertz CT molecular complexity index is 702. The van der Waals surface area contributed by atoms with Crippen molar-refractivity contribution in [2.75, 3.05) is 19.8 Å². The lowest BCUT2D eigenvalue weighted by molar-refractivity contribution is 0.0953. The fourth-order valence-electron chi connectivity index (χ4n) is 3.77. The molecule has 2 aliphatic rings. The van der Waals surface area contributed by atoms with Crippen molar-refractivity contribution in [3.05, 3.63) is 29.8 Å². The van der Waals surface area contributed by atoms with Crippen LogP contribution in [-0.4, -0.2) is 31.9 Å². The molecule has 3 atom stereocenters. The first kappa shape index (κ1) is 19.3. The van der Waals surface area contributed by atoms with Gasteiger partial charge >= 0.3 is 0 Å². The Hall–Kier alpha value is -2.50. The van der Waals surface area contributed by atoms with Crippen LogP contribution in [-0.2, 0) is 0 Å². The van der Waals surface area contributed by atoms with Gasteiger partial charge in [-0.15, -0.1) is 0 Å². The Morgan fingerprint density at radius 2 is 1.74 bits per heavy atom. The maximum atomic E-state index is 12.6. The number of amides is 1. The average Bonchev–Trinajstić information content (AvgIpc) is 3.27. The van der Waals surface area contributed by atoms with Crippen LogP contribution in [0.4, 0.5) is 0 Å². The summed E-state index contributed by atoms with van der Waals surface area (Å²) in [4.78, 5) is 12.6. The number of hydrogen-bond donors (Lipinski definition) is 1. The van der Waals surface area contributed by atoms with Gasteiger partial charge in [0.25, 0.3) is 5.91 Å². The van der Waals surface area contributed by atoms with E-state index in [1.807, 2.05) is 27.0 Å². The van der Waals surface area contributed by atoms with Gasteiger partial charge in [-0.05, 0) is 57.6 Å². The van der Waals surface area contributed by atoms with Crippen molar-refractivity contribution in [1.82, 2.24) is 5.43 Å². The van der Waals surface area contributed by atoms with Crippen molar-refractivity contribution in [3.63, 3.8) is 0 Å². The molecule has 27 heavy (non-hydrogen) atoms. The van der Waals surface area contributed by atoms with E-state index in [1.165, 1.54) is 6.42 Å². The number of carbonyl (C=O) groups is 1. The van der Waals surface area contributed by atoms with Gasteiger partial charge in [0.15, 0.2) is 11.5 Å². The van der Waals surface area contributed by atoms with Gasteiger partial charge in [0.1, 0.15) is 0 Å². The van der Waals surface area contributed by atoms with E-state index in [0.29, 0.717) is 60.4 Å². The lowest BCUT2D eigenvalue weighted by atomic mass is 9.95. The van der Waals surface area contributed by atoms with E-state index in [4.69, 9.17) is 14.2 Å². The van der Waals surface area contributed by atoms with Crippen LogP contribution in [0.5, 0.6) is 17.2 Å². The second kappa shape index (κ2) is 8.93. The summed E-state index contributed by atoms with van der Waals surface area (Å²) >= 11 is 0. The van der Waals surface area contributed by atoms with Crippen LogP contribution in [0.3, 0.4) is 0 Å². The van der Waals surface area contributed by atoms with Gasteiger partial charge in [-0.25, -0.2) is 5.43 Å². The number of nitrogens with zero attached hydrogens (tertiary/aromatic N) is 1. The smallest absolute Gasteiger partial charge is 0.271 e. The van der Waals surface area contributed by atoms with Crippen LogP contribution >= 0.6 is 0 Å². The Balaban J connectivity index is 1.73. The van der Waals surface area contributed by atoms with Crippen molar-refractivity contribution in [2.24, 2.45) is 22.9 Å². The first-order valence-corrected chi connectivity index (χ1v) is 9.74. The fraction of sp³-hybridized carbons (Fsp3) is 0.524. The summed E-state index contributed by atoms with van der Waals surface area (Å²) < 4.78 is 17.0. The molecule has 1 amide bonds. The lowest BCUT2D eigenvalue weighted by Gasteiger charge is -2.16. The number of hydrogen-bond acceptors (Lipinski definition) is 5. The summed E-state index contributed by atoms with van der Waals surface area (Å²) in [7, 11) is 0. The molecular formula is C21H28N2O4. The highest BCUT2D eigenvalue weighted by atomic mass is 16.5. The third-order valence-corrected chi connectivity index (χ3v) is 4.93. The molecule has 2 aliphatic carbocycles. The zero-order valence-electron chi connectivity index (χ0n) is 16.2. The molecule has 1 fully saturated rings. The number of hydrazone groups is 1. The summed E-state index contributed by atoms with van der Waals surface area (Å²) in [6.45, 7) is 7.08. The van der Waals surface area contributed by atoms with E-state index in [2.05, 4.69) is 22.7 Å². The molecule has 0 aromatic heterocycles. The van der Waals surface area contributed by atoms with Crippen LogP contribution in [0.15, 0.2) is 29.4 Å². The number of carbonyl (C=O) groups excluding carboxylic acids is 1. The van der Waals surface area contributed by atoms with Crippen LogP contribution in [0.25, 0.3) is 0 Å². The molecule has 0 spiro atoms. The molecule has 1 aromatic rings. The summed E-state index contributed by atoms with van der Waals surface area (Å²) in [6.07, 6.45) is 8.75. The predicted octanol–water partition coefficient (Wildman–Crippen LogP) is 3.81. The molecule has 6 heteroatoms. The fourth-order valence-corrected chi connectivity index (χ4v) is 3.77. The Labute approximate surface area is 160 Å². The standard InChI is InChI=1S/C21H28N2O4/c1-4-25-18-11-16(12-19(26-5-2)20(18)27-6-3)21(24)23-22-13-17-10-14-7-8-15(17)9-14/h7-8,11-15,17H,4-6,9-10H2,1-3H3,(H,23,24)/b22-13-/t14-,15+,17+/m1/s1. The van der Waals surface area contributed by atoms with Gasteiger partial charge in [-0.3, -0.25) is 4.79 Å². The first-order chi connectivity index (χ1) is 13.2. The Kier molecular flexibility index (Phi) is 6.37. The molecule has 0 heterocycles. The number of fused-ring (bicyclic) bond motifs is 2. The predicted molar refractivity (Wildman–Crippen MR) is 105 cm³/mol. The SMILES string of the molecule is CCOc1cc(C(=O)N/N=C\[C@@H]2C[C@@H]3C=C[C@H]2C3)cc(OCC)c1OCC. The maximum absolute atomic E-state index is 12.6. The second-order valence-electron chi connectivity index (χ2n) is 6.76. The summed E-state index contributed by atoms with van der Waals surface area (Å²) in [6, 6.07) is 3.34. The van der Waals surface area contributed by atoms with E-state index in [9.17, 15) is 4.79 Å². The molecule has 0 radical (unpaired) electrons.